The molecule has 0 bridgehead atoms. The van der Waals surface area contributed by atoms with E-state index in [4.69, 9.17) is 0 Å². The molecule has 0 aliphatic rings. The number of nitrogens with one attached hydrogen (secondary N) is 2. The van der Waals surface area contributed by atoms with E-state index in [1.807, 2.05) is 37.5 Å². The molecule has 4 nitrogen and oxygen atoms in total. The van der Waals surface area contributed by atoms with E-state index in [1.54, 1.807) is 4.90 Å². The zero-order valence-electron chi connectivity index (χ0n) is 14.2. The van der Waals surface area contributed by atoms with Crippen LogP contribution in [0.5, 0.6) is 0 Å². The molecular formula is C20H23N3O. The number of aromatic amines is 1. The second kappa shape index (κ2) is 7.21. The van der Waals surface area contributed by atoms with Crippen LogP contribution in [0.2, 0.25) is 0 Å². The Morgan fingerprint density at radius 2 is 1.83 bits per heavy atom. The lowest BCUT2D eigenvalue weighted by Crippen LogP contribution is -2.37. The predicted octanol–water partition coefficient (Wildman–Crippen LogP) is 3.86. The van der Waals surface area contributed by atoms with Gasteiger partial charge in [0.05, 0.1) is 0 Å². The molecule has 0 spiro atoms. The lowest BCUT2D eigenvalue weighted by molar-refractivity contribution is 0.207. The molecular weight excluding hydrogens is 298 g/mol. The molecule has 0 atom stereocenters. The van der Waals surface area contributed by atoms with Crippen molar-refractivity contribution in [1.29, 1.82) is 0 Å². The predicted molar refractivity (Wildman–Crippen MR) is 98.0 cm³/mol. The molecule has 0 unspecified atom stereocenters. The Balaban J connectivity index is 1.53. The van der Waals surface area contributed by atoms with Gasteiger partial charge in [-0.15, -0.1) is 0 Å². The number of rotatable bonds is 5. The third-order valence-electron chi connectivity index (χ3n) is 4.36. The minimum Gasteiger partial charge on any atom is -0.361 e. The normalized spacial score (nSPS) is 10.8. The summed E-state index contributed by atoms with van der Waals surface area (Å²) in [6, 6.07) is 16.3. The monoisotopic (exact) mass is 321 g/mol. The molecule has 0 saturated carbocycles. The molecule has 3 rings (SSSR count). The Hall–Kier alpha value is -2.75. The van der Waals surface area contributed by atoms with E-state index in [9.17, 15) is 4.79 Å². The zero-order valence-corrected chi connectivity index (χ0v) is 14.2. The first-order chi connectivity index (χ1) is 11.6. The number of aryl methyl sites for hydroxylation is 1. The number of H-pyrrole nitrogens is 1. The Kier molecular flexibility index (Phi) is 4.85. The molecule has 0 saturated heterocycles. The molecule has 2 amide bonds. The van der Waals surface area contributed by atoms with Crippen LogP contribution in [0.15, 0.2) is 54.7 Å². The number of benzene rings is 2. The largest absolute Gasteiger partial charge is 0.361 e. The van der Waals surface area contributed by atoms with E-state index in [1.165, 1.54) is 22.1 Å². The van der Waals surface area contributed by atoms with Gasteiger partial charge in [-0.3, -0.25) is 0 Å². The fourth-order valence-electron chi connectivity index (χ4n) is 2.89. The third kappa shape index (κ3) is 3.59. The SMILES string of the molecule is Cc1ccccc1CN(C)C(=O)NCCc1c[nH]c2ccccc12. The zero-order chi connectivity index (χ0) is 16.9. The number of carbonyl (C=O) groups is 1. The number of hydrogen-bond acceptors (Lipinski definition) is 1. The standard InChI is InChI=1S/C20H23N3O/c1-15-7-3-4-8-17(15)14-23(2)20(24)21-12-11-16-13-22-19-10-6-5-9-18(16)19/h3-10,13,22H,11-12,14H2,1-2H3,(H,21,24). The number of fused-ring (bicyclic) bond motifs is 1. The number of urea groups is 1. The molecule has 0 aliphatic heterocycles. The Morgan fingerprint density at radius 1 is 1.08 bits per heavy atom. The summed E-state index contributed by atoms with van der Waals surface area (Å²) in [7, 11) is 1.83. The molecule has 0 radical (unpaired) electrons. The van der Waals surface area contributed by atoms with Crippen LogP contribution in [0.4, 0.5) is 4.79 Å². The molecule has 24 heavy (non-hydrogen) atoms. The molecule has 0 aliphatic carbocycles. The van der Waals surface area contributed by atoms with Crippen molar-refractivity contribution < 1.29 is 4.79 Å². The van der Waals surface area contributed by atoms with E-state index in [-0.39, 0.29) is 6.03 Å². The maximum atomic E-state index is 12.3. The van der Waals surface area contributed by atoms with Gasteiger partial charge in [0.1, 0.15) is 0 Å². The molecule has 3 aromatic rings. The van der Waals surface area contributed by atoms with Crippen LogP contribution in [0.1, 0.15) is 16.7 Å². The van der Waals surface area contributed by atoms with E-state index in [2.05, 4.69) is 41.5 Å². The van der Waals surface area contributed by atoms with Gasteiger partial charge in [-0.2, -0.15) is 0 Å². The molecule has 2 aromatic carbocycles. The first-order valence-corrected chi connectivity index (χ1v) is 8.23. The van der Waals surface area contributed by atoms with Crippen LogP contribution < -0.4 is 5.32 Å². The first-order valence-electron chi connectivity index (χ1n) is 8.23. The number of amides is 2. The van der Waals surface area contributed by atoms with Gasteiger partial charge in [-0.05, 0) is 36.1 Å². The number of aromatic nitrogens is 1. The van der Waals surface area contributed by atoms with Crippen molar-refractivity contribution in [2.75, 3.05) is 13.6 Å². The average Bonchev–Trinajstić information content (AvgIpc) is 3.00. The summed E-state index contributed by atoms with van der Waals surface area (Å²) >= 11 is 0. The van der Waals surface area contributed by atoms with Crippen molar-refractivity contribution >= 4 is 16.9 Å². The highest BCUT2D eigenvalue weighted by molar-refractivity contribution is 5.83. The van der Waals surface area contributed by atoms with Crippen molar-refractivity contribution in [1.82, 2.24) is 15.2 Å². The smallest absolute Gasteiger partial charge is 0.317 e. The highest BCUT2D eigenvalue weighted by Gasteiger charge is 2.10. The minimum atomic E-state index is -0.0434. The van der Waals surface area contributed by atoms with Gasteiger partial charge in [0, 0.05) is 37.2 Å². The van der Waals surface area contributed by atoms with Crippen molar-refractivity contribution in [3.63, 3.8) is 0 Å². The van der Waals surface area contributed by atoms with Gasteiger partial charge in [0.25, 0.3) is 0 Å². The molecule has 1 aromatic heterocycles. The van der Waals surface area contributed by atoms with E-state index in [0.29, 0.717) is 13.1 Å². The summed E-state index contributed by atoms with van der Waals surface area (Å²) in [5, 5.41) is 4.22. The van der Waals surface area contributed by atoms with Gasteiger partial charge in [0.2, 0.25) is 0 Å². The van der Waals surface area contributed by atoms with Gasteiger partial charge in [0.15, 0.2) is 0 Å². The van der Waals surface area contributed by atoms with Crippen LogP contribution in [-0.4, -0.2) is 29.5 Å². The maximum Gasteiger partial charge on any atom is 0.317 e. The third-order valence-corrected chi connectivity index (χ3v) is 4.36. The van der Waals surface area contributed by atoms with Crippen LogP contribution >= 0.6 is 0 Å². The van der Waals surface area contributed by atoms with Crippen LogP contribution in [-0.2, 0) is 13.0 Å². The Bertz CT molecular complexity index is 838. The van der Waals surface area contributed by atoms with Crippen molar-refractivity contribution in [2.24, 2.45) is 0 Å². The highest BCUT2D eigenvalue weighted by atomic mass is 16.2. The van der Waals surface area contributed by atoms with Gasteiger partial charge in [-0.1, -0.05) is 42.5 Å². The summed E-state index contributed by atoms with van der Waals surface area (Å²) in [5.74, 6) is 0. The number of carbonyl (C=O) groups excluding carboxylic acids is 1. The van der Waals surface area contributed by atoms with Gasteiger partial charge in [-0.25, -0.2) is 4.79 Å². The van der Waals surface area contributed by atoms with E-state index >= 15 is 0 Å². The van der Waals surface area contributed by atoms with E-state index < -0.39 is 0 Å². The van der Waals surface area contributed by atoms with E-state index in [0.717, 1.165) is 11.9 Å². The summed E-state index contributed by atoms with van der Waals surface area (Å²) in [6.07, 6.45) is 2.84. The van der Waals surface area contributed by atoms with Crippen LogP contribution in [0.3, 0.4) is 0 Å². The molecule has 0 fully saturated rings. The lowest BCUT2D eigenvalue weighted by Gasteiger charge is -2.19. The number of para-hydroxylation sites is 1. The molecule has 124 valence electrons. The quantitative estimate of drug-likeness (QED) is 0.736. The summed E-state index contributed by atoms with van der Waals surface area (Å²) in [6.45, 7) is 3.31. The summed E-state index contributed by atoms with van der Waals surface area (Å²) < 4.78 is 0. The van der Waals surface area contributed by atoms with Crippen molar-refractivity contribution in [3.05, 3.63) is 71.4 Å². The van der Waals surface area contributed by atoms with Crippen LogP contribution in [0.25, 0.3) is 10.9 Å². The minimum absolute atomic E-state index is 0.0434. The maximum absolute atomic E-state index is 12.3. The highest BCUT2D eigenvalue weighted by Crippen LogP contribution is 2.17. The lowest BCUT2D eigenvalue weighted by atomic mass is 10.1. The van der Waals surface area contributed by atoms with Crippen molar-refractivity contribution in [3.8, 4) is 0 Å². The summed E-state index contributed by atoms with van der Waals surface area (Å²) in [4.78, 5) is 17.2. The van der Waals surface area contributed by atoms with Crippen LogP contribution in [0, 0.1) is 6.92 Å². The van der Waals surface area contributed by atoms with Crippen molar-refractivity contribution in [2.45, 2.75) is 19.9 Å². The Morgan fingerprint density at radius 3 is 2.67 bits per heavy atom. The first kappa shape index (κ1) is 16.1. The fraction of sp³-hybridized carbons (Fsp3) is 0.250. The van der Waals surface area contributed by atoms with Gasteiger partial charge >= 0.3 is 6.03 Å². The molecule has 1 heterocycles. The number of hydrogen-bond donors (Lipinski definition) is 2. The Labute approximate surface area is 142 Å². The van der Waals surface area contributed by atoms with Gasteiger partial charge < -0.3 is 15.2 Å². The average molecular weight is 321 g/mol. The molecule has 4 heteroatoms. The second-order valence-corrected chi connectivity index (χ2v) is 6.12. The fourth-order valence-corrected chi connectivity index (χ4v) is 2.89. The topological polar surface area (TPSA) is 48.1 Å². The second-order valence-electron chi connectivity index (χ2n) is 6.12. The molecule has 2 N–H and O–H groups in total. The summed E-state index contributed by atoms with van der Waals surface area (Å²) in [5.41, 5.74) is 4.74. The number of nitrogens with zero attached hydrogens (tertiary/aromatic N) is 1.